The molecule has 1 aliphatic rings. The first-order chi connectivity index (χ1) is 10.8. The van der Waals surface area contributed by atoms with Crippen LogP contribution < -0.4 is 0 Å². The van der Waals surface area contributed by atoms with Gasteiger partial charge in [0.25, 0.3) is 0 Å². The van der Waals surface area contributed by atoms with E-state index in [9.17, 15) is 0 Å². The first kappa shape index (κ1) is 15.1. The largest absolute Gasteiger partial charge is 0.0853 e. The van der Waals surface area contributed by atoms with Gasteiger partial charge in [-0.2, -0.15) is 0 Å². The van der Waals surface area contributed by atoms with Crippen molar-refractivity contribution in [1.82, 2.24) is 0 Å². The normalized spacial score (nSPS) is 17.2. The first-order valence-corrected chi connectivity index (χ1v) is 8.64. The van der Waals surface area contributed by atoms with Crippen molar-refractivity contribution in [2.45, 2.75) is 50.9 Å². The summed E-state index contributed by atoms with van der Waals surface area (Å²) in [5.41, 5.74) is 4.84. The lowest BCUT2D eigenvalue weighted by Crippen LogP contribution is -2.31. The van der Waals surface area contributed by atoms with E-state index >= 15 is 0 Å². The molecule has 0 aliphatic heterocycles. The van der Waals surface area contributed by atoms with Crippen LogP contribution in [0.25, 0.3) is 0 Å². The minimum atomic E-state index is 0.200. The van der Waals surface area contributed by atoms with Crippen molar-refractivity contribution in [3.63, 3.8) is 0 Å². The SMILES string of the molecule is CCCC=C1CCC(c2ccccc2)(c2ccccc2)CC1. The molecule has 2 aromatic carbocycles. The van der Waals surface area contributed by atoms with Gasteiger partial charge >= 0.3 is 0 Å². The molecule has 2 aromatic rings. The highest BCUT2D eigenvalue weighted by molar-refractivity contribution is 5.41. The molecule has 0 radical (unpaired) electrons. The molecule has 0 saturated heterocycles. The Morgan fingerprint density at radius 1 is 0.818 bits per heavy atom. The lowest BCUT2D eigenvalue weighted by Gasteiger charge is -2.39. The van der Waals surface area contributed by atoms with E-state index in [1.807, 2.05) is 0 Å². The van der Waals surface area contributed by atoms with Crippen LogP contribution in [0, 0.1) is 0 Å². The van der Waals surface area contributed by atoms with Gasteiger partial charge < -0.3 is 0 Å². The second-order valence-corrected chi connectivity index (χ2v) is 6.47. The minimum Gasteiger partial charge on any atom is -0.0853 e. The van der Waals surface area contributed by atoms with Crippen LogP contribution in [0.2, 0.25) is 0 Å². The molecule has 0 bridgehead atoms. The molecule has 3 rings (SSSR count). The number of hydrogen-bond donors (Lipinski definition) is 0. The summed E-state index contributed by atoms with van der Waals surface area (Å²) < 4.78 is 0. The Hall–Kier alpha value is -1.82. The maximum absolute atomic E-state index is 2.49. The third-order valence-corrected chi connectivity index (χ3v) is 5.12. The molecule has 114 valence electrons. The standard InChI is InChI=1S/C22H26/c1-2-3-10-19-15-17-22(18-16-19,20-11-6-4-7-12-20)21-13-8-5-9-14-21/h4-14H,2-3,15-18H2,1H3. The number of allylic oxidation sites excluding steroid dienone is 2. The van der Waals surface area contributed by atoms with Gasteiger partial charge in [0.1, 0.15) is 0 Å². The molecule has 0 unspecified atom stereocenters. The second-order valence-electron chi connectivity index (χ2n) is 6.47. The van der Waals surface area contributed by atoms with Gasteiger partial charge in [0.05, 0.1) is 0 Å². The van der Waals surface area contributed by atoms with Gasteiger partial charge in [0.15, 0.2) is 0 Å². The van der Waals surface area contributed by atoms with Crippen molar-refractivity contribution in [2.24, 2.45) is 0 Å². The van der Waals surface area contributed by atoms with Crippen molar-refractivity contribution >= 4 is 0 Å². The smallest absolute Gasteiger partial charge is 0.0209 e. The quantitative estimate of drug-likeness (QED) is 0.582. The first-order valence-electron chi connectivity index (χ1n) is 8.64. The van der Waals surface area contributed by atoms with Crippen molar-refractivity contribution in [1.29, 1.82) is 0 Å². The summed E-state index contributed by atoms with van der Waals surface area (Å²) in [6.45, 7) is 2.26. The average Bonchev–Trinajstić information content (AvgIpc) is 2.62. The van der Waals surface area contributed by atoms with E-state index in [-0.39, 0.29) is 5.41 Å². The Morgan fingerprint density at radius 2 is 1.32 bits per heavy atom. The second kappa shape index (κ2) is 6.96. The predicted octanol–water partition coefficient (Wildman–Crippen LogP) is 6.27. The van der Waals surface area contributed by atoms with Crippen LogP contribution in [-0.2, 0) is 5.41 Å². The van der Waals surface area contributed by atoms with Crippen LogP contribution in [0.5, 0.6) is 0 Å². The summed E-state index contributed by atoms with van der Waals surface area (Å²) >= 11 is 0. The van der Waals surface area contributed by atoms with Crippen molar-refractivity contribution in [2.75, 3.05) is 0 Å². The Bertz CT molecular complexity index is 556. The highest BCUT2D eigenvalue weighted by atomic mass is 14.4. The molecule has 0 nitrogen and oxygen atoms in total. The number of benzene rings is 2. The summed E-state index contributed by atoms with van der Waals surface area (Å²) in [6, 6.07) is 22.2. The molecule has 1 saturated carbocycles. The molecule has 0 amide bonds. The van der Waals surface area contributed by atoms with Gasteiger partial charge in [-0.05, 0) is 43.2 Å². The Kier molecular flexibility index (Phi) is 4.77. The molecular weight excluding hydrogens is 264 g/mol. The topological polar surface area (TPSA) is 0 Å². The highest BCUT2D eigenvalue weighted by Gasteiger charge is 2.36. The fourth-order valence-electron chi connectivity index (χ4n) is 3.81. The number of rotatable bonds is 4. The lowest BCUT2D eigenvalue weighted by atomic mass is 9.64. The van der Waals surface area contributed by atoms with Gasteiger partial charge in [0.2, 0.25) is 0 Å². The minimum absolute atomic E-state index is 0.200. The van der Waals surface area contributed by atoms with E-state index in [1.54, 1.807) is 5.57 Å². The summed E-state index contributed by atoms with van der Waals surface area (Å²) in [5, 5.41) is 0. The zero-order valence-electron chi connectivity index (χ0n) is 13.6. The average molecular weight is 290 g/mol. The van der Waals surface area contributed by atoms with Gasteiger partial charge in [0, 0.05) is 5.41 Å². The van der Waals surface area contributed by atoms with Crippen LogP contribution in [0.4, 0.5) is 0 Å². The van der Waals surface area contributed by atoms with Gasteiger partial charge in [-0.25, -0.2) is 0 Å². The van der Waals surface area contributed by atoms with E-state index in [4.69, 9.17) is 0 Å². The summed E-state index contributed by atoms with van der Waals surface area (Å²) in [4.78, 5) is 0. The van der Waals surface area contributed by atoms with Crippen molar-refractivity contribution in [3.8, 4) is 0 Å². The molecule has 0 N–H and O–H groups in total. The maximum Gasteiger partial charge on any atom is 0.0209 e. The van der Waals surface area contributed by atoms with Crippen molar-refractivity contribution in [3.05, 3.63) is 83.4 Å². The van der Waals surface area contributed by atoms with E-state index < -0.39 is 0 Å². The zero-order chi connectivity index (χ0) is 15.3. The van der Waals surface area contributed by atoms with Crippen LogP contribution in [-0.4, -0.2) is 0 Å². The molecule has 0 heteroatoms. The van der Waals surface area contributed by atoms with E-state index in [1.165, 1.54) is 49.7 Å². The van der Waals surface area contributed by atoms with Gasteiger partial charge in [-0.15, -0.1) is 0 Å². The molecule has 0 heterocycles. The molecule has 0 atom stereocenters. The number of unbranched alkanes of at least 4 members (excludes halogenated alkanes) is 1. The van der Waals surface area contributed by atoms with E-state index in [2.05, 4.69) is 73.7 Å². The fraction of sp³-hybridized carbons (Fsp3) is 0.364. The Morgan fingerprint density at radius 3 is 1.77 bits per heavy atom. The molecular formula is C22H26. The lowest BCUT2D eigenvalue weighted by molar-refractivity contribution is 0.394. The molecule has 22 heavy (non-hydrogen) atoms. The van der Waals surface area contributed by atoms with Gasteiger partial charge in [-0.3, -0.25) is 0 Å². The monoisotopic (exact) mass is 290 g/mol. The van der Waals surface area contributed by atoms with Crippen LogP contribution >= 0.6 is 0 Å². The summed E-state index contributed by atoms with van der Waals surface area (Å²) in [7, 11) is 0. The maximum atomic E-state index is 2.49. The Labute approximate surface area is 134 Å². The van der Waals surface area contributed by atoms with Gasteiger partial charge in [-0.1, -0.05) is 85.7 Å². The molecule has 1 fully saturated rings. The molecule has 0 aromatic heterocycles. The zero-order valence-corrected chi connectivity index (χ0v) is 13.6. The molecule has 1 aliphatic carbocycles. The highest BCUT2D eigenvalue weighted by Crippen LogP contribution is 2.46. The third kappa shape index (κ3) is 3.02. The van der Waals surface area contributed by atoms with Crippen molar-refractivity contribution < 1.29 is 0 Å². The Balaban J connectivity index is 1.94. The summed E-state index contributed by atoms with van der Waals surface area (Å²) in [5.74, 6) is 0. The van der Waals surface area contributed by atoms with Crippen LogP contribution in [0.15, 0.2) is 72.3 Å². The van der Waals surface area contributed by atoms with Crippen LogP contribution in [0.3, 0.4) is 0 Å². The van der Waals surface area contributed by atoms with E-state index in [0.29, 0.717) is 0 Å². The molecule has 0 spiro atoms. The van der Waals surface area contributed by atoms with Crippen LogP contribution in [0.1, 0.15) is 56.6 Å². The fourth-order valence-corrected chi connectivity index (χ4v) is 3.81. The van der Waals surface area contributed by atoms with E-state index in [0.717, 1.165) is 0 Å². The summed E-state index contributed by atoms with van der Waals surface area (Å²) in [6.07, 6.45) is 9.92. The third-order valence-electron chi connectivity index (χ3n) is 5.12. The predicted molar refractivity (Wildman–Crippen MR) is 95.1 cm³/mol. The number of hydrogen-bond acceptors (Lipinski definition) is 0.